The molecule has 0 saturated carbocycles. The fourth-order valence-corrected chi connectivity index (χ4v) is 8.05. The molecule has 0 bridgehead atoms. The minimum Gasteiger partial charge on any atom is -0.491 e. The Morgan fingerprint density at radius 2 is 1.79 bits per heavy atom. The summed E-state index contributed by atoms with van der Waals surface area (Å²) < 4.78 is 60.8. The molecule has 2 atom stereocenters. The van der Waals surface area contributed by atoms with Crippen LogP contribution in [0, 0.1) is 0 Å². The van der Waals surface area contributed by atoms with E-state index in [1.165, 1.54) is 12.1 Å². The third kappa shape index (κ3) is 3.41. The van der Waals surface area contributed by atoms with Crippen LogP contribution in [0.4, 0.5) is 11.4 Å². The molecule has 3 aliphatic heterocycles. The van der Waals surface area contributed by atoms with Gasteiger partial charge in [0.2, 0.25) is 26.0 Å². The summed E-state index contributed by atoms with van der Waals surface area (Å²) in [6.07, 6.45) is 3.47. The Morgan fingerprint density at radius 1 is 1.06 bits per heavy atom. The predicted octanol–water partition coefficient (Wildman–Crippen LogP) is 1.62. The molecule has 2 aromatic carbocycles. The number of ether oxygens (including phenoxy) is 2. The van der Waals surface area contributed by atoms with Gasteiger partial charge in [-0.05, 0) is 30.5 Å². The van der Waals surface area contributed by atoms with Crippen LogP contribution in [0.2, 0.25) is 0 Å². The zero-order valence-electron chi connectivity index (χ0n) is 18.2. The van der Waals surface area contributed by atoms with Crippen molar-refractivity contribution in [2.75, 3.05) is 40.9 Å². The molecular formula is C22H24N2O7S2. The second-order valence-electron chi connectivity index (χ2n) is 8.67. The van der Waals surface area contributed by atoms with Gasteiger partial charge in [0.1, 0.15) is 17.8 Å². The topological polar surface area (TPSA) is 110 Å². The maximum Gasteiger partial charge on any atom is 0.245 e. The fourth-order valence-electron chi connectivity index (χ4n) is 5.09. The van der Waals surface area contributed by atoms with E-state index in [0.29, 0.717) is 22.4 Å². The molecule has 0 radical (unpaired) electrons. The van der Waals surface area contributed by atoms with Crippen molar-refractivity contribution in [2.45, 2.75) is 24.4 Å². The van der Waals surface area contributed by atoms with E-state index in [4.69, 9.17) is 9.47 Å². The van der Waals surface area contributed by atoms with Gasteiger partial charge in [-0.1, -0.05) is 24.3 Å². The van der Waals surface area contributed by atoms with Crippen LogP contribution in [0.15, 0.2) is 42.5 Å². The maximum atomic E-state index is 13.9. The first-order valence-electron chi connectivity index (χ1n) is 10.5. The molecule has 1 saturated heterocycles. The van der Waals surface area contributed by atoms with E-state index in [2.05, 4.69) is 0 Å². The number of rotatable bonds is 5. The molecule has 11 heteroatoms. The summed E-state index contributed by atoms with van der Waals surface area (Å²) in [5, 5.41) is 0. The lowest BCUT2D eigenvalue weighted by Gasteiger charge is -2.25. The number of nitrogens with zero attached hydrogens (tertiary/aromatic N) is 2. The highest BCUT2D eigenvalue weighted by atomic mass is 32.3. The second-order valence-corrected chi connectivity index (χ2v) is 12.6. The quantitative estimate of drug-likeness (QED) is 0.624. The van der Waals surface area contributed by atoms with Crippen molar-refractivity contribution in [2.24, 2.45) is 0 Å². The average Bonchev–Trinajstić information content (AvgIpc) is 3.42. The van der Waals surface area contributed by atoms with Gasteiger partial charge in [-0.2, -0.15) is 3.71 Å². The van der Waals surface area contributed by atoms with Crippen molar-refractivity contribution in [3.8, 4) is 5.75 Å². The molecular weight excluding hydrogens is 468 g/mol. The highest BCUT2D eigenvalue weighted by Gasteiger charge is 2.57. The second kappa shape index (κ2) is 7.44. The smallest absolute Gasteiger partial charge is 0.245 e. The molecule has 3 heterocycles. The monoisotopic (exact) mass is 492 g/mol. The van der Waals surface area contributed by atoms with Crippen molar-refractivity contribution in [3.63, 3.8) is 0 Å². The standard InChI is InChI=1S/C22H24N2O7S2/c1-32(26,27)24(33(2,28)29)15-9-10-18-20(12-15)31-14-22(18)17-7-3-4-8-19(17)23(21(22)25)13-16-6-5-11-30-16/h3-4,7-10,12,16H,5-6,11,13-14H2,1-2H3/t16-,22?/m1/s1. The number of carbonyl (C=O) groups is 1. The minimum atomic E-state index is -4.10. The summed E-state index contributed by atoms with van der Waals surface area (Å²) in [5.74, 6) is 0.153. The zero-order valence-corrected chi connectivity index (χ0v) is 19.9. The molecule has 0 aromatic heterocycles. The normalized spacial score (nSPS) is 24.1. The number of hydrogen-bond acceptors (Lipinski definition) is 7. The SMILES string of the molecule is CS(=O)(=O)N(c1ccc2c(c1)OCC21C(=O)N(C[C@H]2CCCO2)c2ccccc21)S(C)(=O)=O. The lowest BCUT2D eigenvalue weighted by atomic mass is 9.77. The van der Waals surface area contributed by atoms with Crippen LogP contribution in [0.5, 0.6) is 5.75 Å². The van der Waals surface area contributed by atoms with Crippen molar-refractivity contribution in [1.82, 2.24) is 0 Å². The molecule has 3 aliphatic rings. The number of hydrogen-bond donors (Lipinski definition) is 0. The van der Waals surface area contributed by atoms with Crippen LogP contribution in [-0.2, 0) is 35.0 Å². The van der Waals surface area contributed by atoms with Crippen molar-refractivity contribution in [3.05, 3.63) is 53.6 Å². The summed E-state index contributed by atoms with van der Waals surface area (Å²) in [7, 11) is -8.20. The Kier molecular flexibility index (Phi) is 5.00. The summed E-state index contributed by atoms with van der Waals surface area (Å²) in [6, 6.07) is 11.9. The number of benzene rings is 2. The molecule has 1 spiro atoms. The van der Waals surface area contributed by atoms with E-state index in [9.17, 15) is 21.6 Å². The number of sulfonamides is 2. The van der Waals surface area contributed by atoms with E-state index < -0.39 is 25.5 Å². The van der Waals surface area contributed by atoms with Gasteiger partial charge in [0.15, 0.2) is 0 Å². The van der Waals surface area contributed by atoms with E-state index in [1.54, 1.807) is 11.0 Å². The lowest BCUT2D eigenvalue weighted by molar-refractivity contribution is -0.122. The fraction of sp³-hybridized carbons (Fsp3) is 0.409. The molecule has 2 aromatic rings. The summed E-state index contributed by atoms with van der Waals surface area (Å²) in [4.78, 5) is 15.6. The molecule has 176 valence electrons. The Morgan fingerprint density at radius 3 is 2.45 bits per heavy atom. The Bertz CT molecular complexity index is 1320. The summed E-state index contributed by atoms with van der Waals surface area (Å²) in [6.45, 7) is 1.17. The van der Waals surface area contributed by atoms with E-state index in [0.717, 1.165) is 36.6 Å². The predicted molar refractivity (Wildman–Crippen MR) is 123 cm³/mol. The number of carbonyl (C=O) groups excluding carboxylic acids is 1. The van der Waals surface area contributed by atoms with Crippen LogP contribution >= 0.6 is 0 Å². The van der Waals surface area contributed by atoms with Crippen LogP contribution in [0.3, 0.4) is 0 Å². The van der Waals surface area contributed by atoms with Gasteiger partial charge in [0.05, 0.1) is 30.8 Å². The molecule has 0 N–H and O–H groups in total. The number of fused-ring (bicyclic) bond motifs is 4. The van der Waals surface area contributed by atoms with E-state index >= 15 is 0 Å². The van der Waals surface area contributed by atoms with Gasteiger partial charge >= 0.3 is 0 Å². The van der Waals surface area contributed by atoms with Crippen molar-refractivity contribution < 1.29 is 31.1 Å². The van der Waals surface area contributed by atoms with Crippen LogP contribution in [0.1, 0.15) is 24.0 Å². The summed E-state index contributed by atoms with van der Waals surface area (Å²) in [5.41, 5.74) is 1.05. The number of amides is 1. The van der Waals surface area contributed by atoms with Crippen molar-refractivity contribution >= 4 is 37.3 Å². The van der Waals surface area contributed by atoms with Gasteiger partial charge in [0, 0.05) is 23.9 Å². The Hall–Kier alpha value is -2.63. The Balaban J connectivity index is 1.60. The molecule has 1 amide bonds. The van der Waals surface area contributed by atoms with E-state index in [1.807, 2.05) is 24.3 Å². The number of para-hydroxylation sites is 1. The largest absolute Gasteiger partial charge is 0.491 e. The molecule has 0 aliphatic carbocycles. The number of anilines is 2. The molecule has 1 fully saturated rings. The first-order chi connectivity index (χ1) is 15.5. The highest BCUT2D eigenvalue weighted by molar-refractivity contribution is 8.09. The molecule has 9 nitrogen and oxygen atoms in total. The Labute approximate surface area is 193 Å². The lowest BCUT2D eigenvalue weighted by Crippen LogP contribution is -2.44. The summed E-state index contributed by atoms with van der Waals surface area (Å²) >= 11 is 0. The van der Waals surface area contributed by atoms with Gasteiger partial charge in [-0.15, -0.1) is 0 Å². The van der Waals surface area contributed by atoms with Crippen LogP contribution < -0.4 is 13.3 Å². The average molecular weight is 493 g/mol. The maximum absolute atomic E-state index is 13.9. The van der Waals surface area contributed by atoms with Crippen LogP contribution in [-0.4, -0.2) is 61.1 Å². The van der Waals surface area contributed by atoms with Gasteiger partial charge < -0.3 is 14.4 Å². The van der Waals surface area contributed by atoms with Gasteiger partial charge in [0.25, 0.3) is 0 Å². The van der Waals surface area contributed by atoms with Gasteiger partial charge in [-0.3, -0.25) is 4.79 Å². The minimum absolute atomic E-state index is 0.0283. The van der Waals surface area contributed by atoms with E-state index in [-0.39, 0.29) is 30.1 Å². The third-order valence-corrected chi connectivity index (χ3v) is 9.61. The van der Waals surface area contributed by atoms with Crippen molar-refractivity contribution in [1.29, 1.82) is 0 Å². The van der Waals surface area contributed by atoms with Crippen LogP contribution in [0.25, 0.3) is 0 Å². The first-order valence-corrected chi connectivity index (χ1v) is 14.2. The highest BCUT2D eigenvalue weighted by Crippen LogP contribution is 2.53. The third-order valence-electron chi connectivity index (χ3n) is 6.36. The first kappa shape index (κ1) is 22.2. The zero-order chi connectivity index (χ0) is 23.6. The molecule has 5 rings (SSSR count). The molecule has 33 heavy (non-hydrogen) atoms. The van der Waals surface area contributed by atoms with Gasteiger partial charge in [-0.25, -0.2) is 16.8 Å². The molecule has 1 unspecified atom stereocenters.